The molecule has 0 saturated carbocycles. The third kappa shape index (κ3) is 5.43. The fraction of sp³-hybridized carbons (Fsp3) is 0.467. The molecule has 0 fully saturated rings. The first kappa shape index (κ1) is 15.0. The Hall–Kier alpha value is -2.02. The monoisotopic (exact) mass is 256 g/mol. The van der Waals surface area contributed by atoms with E-state index in [0.717, 1.165) is 16.9 Å². The van der Waals surface area contributed by atoms with E-state index in [0.29, 0.717) is 0 Å². The highest BCUT2D eigenvalue weighted by Crippen LogP contribution is 2.30. The van der Waals surface area contributed by atoms with Gasteiger partial charge in [-0.05, 0) is 46.2 Å². The van der Waals surface area contributed by atoms with Crippen LogP contribution in [-0.2, 0) is 0 Å². The molecule has 1 aromatic carbocycles. The van der Waals surface area contributed by atoms with Crippen molar-refractivity contribution in [3.63, 3.8) is 0 Å². The molecule has 1 aromatic rings. The third-order valence-corrected chi connectivity index (χ3v) is 2.18. The summed E-state index contributed by atoms with van der Waals surface area (Å²) in [6.07, 6.45) is 0. The molecule has 0 aliphatic carbocycles. The predicted octanol–water partition coefficient (Wildman–Crippen LogP) is 4.42. The van der Waals surface area contributed by atoms with Crippen LogP contribution in [0.25, 0.3) is 0 Å². The first-order chi connectivity index (χ1) is 9.00. The summed E-state index contributed by atoms with van der Waals surface area (Å²) in [5.41, 5.74) is 2.52. The predicted molar refractivity (Wildman–Crippen MR) is 80.5 cm³/mol. The number of benzene rings is 1. The van der Waals surface area contributed by atoms with E-state index in [1.54, 1.807) is 0 Å². The molecule has 100 valence electrons. The van der Waals surface area contributed by atoms with Crippen molar-refractivity contribution >= 4 is 23.4 Å². The van der Waals surface area contributed by atoms with Crippen LogP contribution in [0.2, 0.25) is 0 Å². The fourth-order valence-electron chi connectivity index (χ4n) is 1.27. The van der Waals surface area contributed by atoms with Crippen molar-refractivity contribution in [2.24, 2.45) is 20.0 Å². The van der Waals surface area contributed by atoms with Gasteiger partial charge in [0.15, 0.2) is 0 Å². The van der Waals surface area contributed by atoms with Crippen LogP contribution >= 0.6 is 0 Å². The summed E-state index contributed by atoms with van der Waals surface area (Å²) in [7, 11) is 0. The summed E-state index contributed by atoms with van der Waals surface area (Å²) in [4.78, 5) is 16.7. The number of aryl methyl sites for hydroxylation is 1. The maximum absolute atomic E-state index is 4.25. The summed E-state index contributed by atoms with van der Waals surface area (Å²) in [6.45, 7) is 9.90. The van der Waals surface area contributed by atoms with Crippen LogP contribution in [0.4, 0.5) is 11.4 Å². The highest BCUT2D eigenvalue weighted by molar-refractivity contribution is 5.72. The van der Waals surface area contributed by atoms with E-state index in [1.807, 2.05) is 52.8 Å². The van der Waals surface area contributed by atoms with Crippen molar-refractivity contribution < 1.29 is 0 Å². The maximum Gasteiger partial charge on any atom is 0.104 e. The van der Waals surface area contributed by atoms with Crippen molar-refractivity contribution in [2.75, 3.05) is 0 Å². The smallest absolute Gasteiger partial charge is 0.104 e. The van der Waals surface area contributed by atoms with E-state index >= 15 is 0 Å². The number of para-hydroxylation sites is 1. The van der Waals surface area contributed by atoms with Gasteiger partial charge in [-0.1, -0.05) is 12.1 Å². The molecule has 0 heterocycles. The van der Waals surface area contributed by atoms with E-state index in [2.05, 4.69) is 32.0 Å². The number of rotatable bonds is 4. The molecule has 0 atom stereocenters. The van der Waals surface area contributed by atoms with Crippen molar-refractivity contribution in [1.82, 2.24) is 0 Å². The second-order valence-electron chi connectivity index (χ2n) is 4.81. The minimum Gasteiger partial charge on any atom is -0.223 e. The summed E-state index contributed by atoms with van der Waals surface area (Å²) >= 11 is 0. The Labute approximate surface area is 114 Å². The van der Waals surface area contributed by atoms with Gasteiger partial charge in [-0.3, -0.25) is 0 Å². The second-order valence-corrected chi connectivity index (χ2v) is 4.81. The molecule has 0 saturated heterocycles. The second kappa shape index (κ2) is 7.42. The molecule has 0 aliphatic rings. The lowest BCUT2D eigenvalue weighted by atomic mass is 10.2. The standard InChI is InChI=1S/C15H20N4/c1-11(2)16-9-18-14-8-6-7-13(5)15(14)19-10-17-12(3)4/h6-8,11-12H,1-5H3. The molecule has 4 heteroatoms. The van der Waals surface area contributed by atoms with Crippen LogP contribution in [0.15, 0.2) is 38.2 Å². The first-order valence-corrected chi connectivity index (χ1v) is 6.41. The number of aliphatic imine (C=N–C) groups is 4. The Morgan fingerprint density at radius 2 is 1.47 bits per heavy atom. The zero-order valence-corrected chi connectivity index (χ0v) is 12.2. The fourth-order valence-corrected chi connectivity index (χ4v) is 1.27. The quantitative estimate of drug-likeness (QED) is 0.716. The number of nitrogens with zero attached hydrogens (tertiary/aromatic N) is 4. The molecule has 0 radical (unpaired) electrons. The lowest BCUT2D eigenvalue weighted by Gasteiger charge is -2.00. The maximum atomic E-state index is 4.25. The van der Waals surface area contributed by atoms with Gasteiger partial charge in [0.05, 0.1) is 24.1 Å². The molecule has 0 aromatic heterocycles. The average Bonchev–Trinajstić information content (AvgIpc) is 2.31. The minimum absolute atomic E-state index is 0.183. The molecule has 19 heavy (non-hydrogen) atoms. The zero-order valence-electron chi connectivity index (χ0n) is 12.2. The molecule has 0 spiro atoms. The summed E-state index contributed by atoms with van der Waals surface area (Å²) in [5, 5.41) is 0. The van der Waals surface area contributed by atoms with Gasteiger partial charge in [0.25, 0.3) is 0 Å². The Kier molecular flexibility index (Phi) is 5.87. The van der Waals surface area contributed by atoms with Gasteiger partial charge in [0.2, 0.25) is 0 Å². The van der Waals surface area contributed by atoms with Gasteiger partial charge < -0.3 is 0 Å². The van der Waals surface area contributed by atoms with Crippen molar-refractivity contribution in [3.8, 4) is 0 Å². The molecular formula is C15H20N4. The van der Waals surface area contributed by atoms with Crippen molar-refractivity contribution in [3.05, 3.63) is 23.8 Å². The minimum atomic E-state index is 0.183. The highest BCUT2D eigenvalue weighted by atomic mass is 14.9. The normalized spacial score (nSPS) is 9.84. The van der Waals surface area contributed by atoms with Gasteiger partial charge in [-0.2, -0.15) is 9.98 Å². The van der Waals surface area contributed by atoms with Crippen LogP contribution < -0.4 is 0 Å². The Morgan fingerprint density at radius 1 is 0.895 bits per heavy atom. The van der Waals surface area contributed by atoms with Crippen molar-refractivity contribution in [1.29, 1.82) is 0 Å². The van der Waals surface area contributed by atoms with E-state index in [9.17, 15) is 0 Å². The molecule has 0 N–H and O–H groups in total. The molecule has 0 amide bonds. The van der Waals surface area contributed by atoms with Crippen molar-refractivity contribution in [2.45, 2.75) is 46.7 Å². The highest BCUT2D eigenvalue weighted by Gasteiger charge is 2.02. The summed E-state index contributed by atoms with van der Waals surface area (Å²) in [5.74, 6) is 0. The Bertz CT molecular complexity index is 543. The largest absolute Gasteiger partial charge is 0.223 e. The first-order valence-electron chi connectivity index (χ1n) is 6.41. The molecule has 4 nitrogen and oxygen atoms in total. The molecule has 0 aliphatic heterocycles. The lowest BCUT2D eigenvalue weighted by Crippen LogP contribution is -1.85. The molecule has 0 bridgehead atoms. The lowest BCUT2D eigenvalue weighted by molar-refractivity contribution is 0.841. The Balaban J connectivity index is 3.16. The van der Waals surface area contributed by atoms with Crippen LogP contribution in [0.1, 0.15) is 33.3 Å². The summed E-state index contributed by atoms with van der Waals surface area (Å²) in [6, 6.07) is 11.6. The van der Waals surface area contributed by atoms with E-state index in [4.69, 9.17) is 0 Å². The molecule has 1 rings (SSSR count). The number of hydrogen-bond acceptors (Lipinski definition) is 4. The molecule has 0 unspecified atom stereocenters. The third-order valence-electron chi connectivity index (χ3n) is 2.18. The van der Waals surface area contributed by atoms with Gasteiger partial charge in [-0.15, -0.1) is 0 Å². The SMILES string of the molecule is Cc1cccc(N=C=NC(C)C)c1N=C=NC(C)C. The van der Waals surface area contributed by atoms with Gasteiger partial charge in [0.1, 0.15) is 11.4 Å². The van der Waals surface area contributed by atoms with Crippen LogP contribution in [0.3, 0.4) is 0 Å². The van der Waals surface area contributed by atoms with E-state index in [-0.39, 0.29) is 12.1 Å². The topological polar surface area (TPSA) is 49.4 Å². The van der Waals surface area contributed by atoms with Crippen LogP contribution in [0, 0.1) is 6.92 Å². The van der Waals surface area contributed by atoms with E-state index < -0.39 is 0 Å². The van der Waals surface area contributed by atoms with Gasteiger partial charge >= 0.3 is 0 Å². The Morgan fingerprint density at radius 3 is 2.05 bits per heavy atom. The van der Waals surface area contributed by atoms with Crippen LogP contribution in [0.5, 0.6) is 0 Å². The van der Waals surface area contributed by atoms with Gasteiger partial charge in [0, 0.05) is 0 Å². The summed E-state index contributed by atoms with van der Waals surface area (Å²) < 4.78 is 0. The van der Waals surface area contributed by atoms with Crippen LogP contribution in [-0.4, -0.2) is 24.1 Å². The average molecular weight is 256 g/mol. The zero-order chi connectivity index (χ0) is 14.3. The number of hydrogen-bond donors (Lipinski definition) is 0. The van der Waals surface area contributed by atoms with Gasteiger partial charge in [-0.25, -0.2) is 9.98 Å². The van der Waals surface area contributed by atoms with E-state index in [1.165, 1.54) is 0 Å². The molecular weight excluding hydrogens is 236 g/mol.